The molecule has 1 saturated heterocycles. The number of rotatable bonds is 7. The topological polar surface area (TPSA) is 50.4 Å². The normalized spacial score (nSPS) is 19.4. The van der Waals surface area contributed by atoms with Gasteiger partial charge in [0, 0.05) is 18.3 Å². The van der Waals surface area contributed by atoms with Gasteiger partial charge < -0.3 is 15.4 Å². The molecular formula is C17H26N2O2. The lowest BCUT2D eigenvalue weighted by molar-refractivity contribution is -0.118. The maximum Gasteiger partial charge on any atom is 0.226 e. The molecule has 0 aromatic heterocycles. The molecule has 1 amide bonds. The van der Waals surface area contributed by atoms with Gasteiger partial charge in [0.15, 0.2) is 0 Å². The van der Waals surface area contributed by atoms with E-state index in [2.05, 4.69) is 30.5 Å². The fourth-order valence-corrected chi connectivity index (χ4v) is 2.59. The Balaban J connectivity index is 1.89. The van der Waals surface area contributed by atoms with E-state index < -0.39 is 0 Å². The molecule has 4 heteroatoms. The molecule has 1 fully saturated rings. The summed E-state index contributed by atoms with van der Waals surface area (Å²) in [6, 6.07) is 8.34. The highest BCUT2D eigenvalue weighted by molar-refractivity contribution is 5.91. The monoisotopic (exact) mass is 290 g/mol. The molecule has 0 spiro atoms. The SMILES string of the molecule is CCCNC(C)c1cccc(NC(=O)CC2CCCO2)c1. The zero-order chi connectivity index (χ0) is 15.1. The van der Waals surface area contributed by atoms with Gasteiger partial charge in [-0.3, -0.25) is 4.79 Å². The maximum absolute atomic E-state index is 12.0. The number of amides is 1. The number of hydrogen-bond acceptors (Lipinski definition) is 3. The molecule has 1 aliphatic rings. The number of anilines is 1. The first-order chi connectivity index (χ1) is 10.2. The molecule has 2 N–H and O–H groups in total. The minimum Gasteiger partial charge on any atom is -0.378 e. The summed E-state index contributed by atoms with van der Waals surface area (Å²) < 4.78 is 5.50. The van der Waals surface area contributed by atoms with Crippen LogP contribution in [0, 0.1) is 0 Å². The van der Waals surface area contributed by atoms with Gasteiger partial charge in [-0.1, -0.05) is 19.1 Å². The average molecular weight is 290 g/mol. The van der Waals surface area contributed by atoms with E-state index in [1.165, 1.54) is 5.56 Å². The molecule has 1 aliphatic heterocycles. The van der Waals surface area contributed by atoms with Crippen LogP contribution < -0.4 is 10.6 Å². The van der Waals surface area contributed by atoms with E-state index in [1.54, 1.807) is 0 Å². The highest BCUT2D eigenvalue weighted by Gasteiger charge is 2.19. The van der Waals surface area contributed by atoms with Crippen molar-refractivity contribution in [3.05, 3.63) is 29.8 Å². The second-order valence-corrected chi connectivity index (χ2v) is 5.69. The van der Waals surface area contributed by atoms with E-state index in [4.69, 9.17) is 4.74 Å². The maximum atomic E-state index is 12.0. The highest BCUT2D eigenvalue weighted by atomic mass is 16.5. The molecule has 0 radical (unpaired) electrons. The van der Waals surface area contributed by atoms with Gasteiger partial charge in [0.05, 0.1) is 12.5 Å². The van der Waals surface area contributed by atoms with Crippen LogP contribution in [0.1, 0.15) is 51.1 Å². The van der Waals surface area contributed by atoms with Crippen molar-refractivity contribution in [2.75, 3.05) is 18.5 Å². The predicted octanol–water partition coefficient (Wildman–Crippen LogP) is 3.25. The molecule has 0 bridgehead atoms. The number of nitrogens with one attached hydrogen (secondary N) is 2. The standard InChI is InChI=1S/C17H26N2O2/c1-3-9-18-13(2)14-6-4-7-15(11-14)19-17(20)12-16-8-5-10-21-16/h4,6-7,11,13,16,18H,3,5,8-10,12H2,1-2H3,(H,19,20). The fraction of sp³-hybridized carbons (Fsp3) is 0.588. The first kappa shape index (κ1) is 16.0. The molecule has 1 aromatic carbocycles. The van der Waals surface area contributed by atoms with Crippen molar-refractivity contribution in [1.82, 2.24) is 5.32 Å². The molecule has 2 unspecified atom stereocenters. The van der Waals surface area contributed by atoms with Crippen LogP contribution in [0.4, 0.5) is 5.69 Å². The van der Waals surface area contributed by atoms with Crippen LogP contribution in [-0.2, 0) is 9.53 Å². The minimum atomic E-state index is 0.0354. The molecular weight excluding hydrogens is 264 g/mol. The van der Waals surface area contributed by atoms with Crippen LogP contribution in [0.2, 0.25) is 0 Å². The third-order valence-electron chi connectivity index (χ3n) is 3.81. The van der Waals surface area contributed by atoms with Crippen molar-refractivity contribution in [2.45, 2.75) is 51.7 Å². The van der Waals surface area contributed by atoms with Crippen LogP contribution in [-0.4, -0.2) is 25.2 Å². The summed E-state index contributed by atoms with van der Waals surface area (Å²) in [7, 11) is 0. The van der Waals surface area contributed by atoms with Gasteiger partial charge in [0.1, 0.15) is 0 Å². The second kappa shape index (κ2) is 8.15. The van der Waals surface area contributed by atoms with Crippen LogP contribution in [0.15, 0.2) is 24.3 Å². The van der Waals surface area contributed by atoms with E-state index in [0.29, 0.717) is 12.5 Å². The van der Waals surface area contributed by atoms with Gasteiger partial charge in [-0.2, -0.15) is 0 Å². The number of carbonyl (C=O) groups excluding carboxylic acids is 1. The fourth-order valence-electron chi connectivity index (χ4n) is 2.59. The zero-order valence-corrected chi connectivity index (χ0v) is 13.0. The zero-order valence-electron chi connectivity index (χ0n) is 13.0. The molecule has 21 heavy (non-hydrogen) atoms. The molecule has 4 nitrogen and oxygen atoms in total. The second-order valence-electron chi connectivity index (χ2n) is 5.69. The summed E-state index contributed by atoms with van der Waals surface area (Å²) in [4.78, 5) is 12.0. The highest BCUT2D eigenvalue weighted by Crippen LogP contribution is 2.19. The average Bonchev–Trinajstić information content (AvgIpc) is 2.97. The lowest BCUT2D eigenvalue weighted by atomic mass is 10.1. The molecule has 2 atom stereocenters. The van der Waals surface area contributed by atoms with Gasteiger partial charge >= 0.3 is 0 Å². The van der Waals surface area contributed by atoms with Gasteiger partial charge in [0.2, 0.25) is 5.91 Å². The summed E-state index contributed by atoms with van der Waals surface area (Å²) >= 11 is 0. The first-order valence-electron chi connectivity index (χ1n) is 7.94. The van der Waals surface area contributed by atoms with E-state index in [9.17, 15) is 4.79 Å². The number of hydrogen-bond donors (Lipinski definition) is 2. The van der Waals surface area contributed by atoms with E-state index in [1.807, 2.05) is 18.2 Å². The molecule has 2 rings (SSSR count). The quantitative estimate of drug-likeness (QED) is 0.810. The van der Waals surface area contributed by atoms with Crippen LogP contribution >= 0.6 is 0 Å². The molecule has 0 aliphatic carbocycles. The Kier molecular flexibility index (Phi) is 6.21. The van der Waals surface area contributed by atoms with Gasteiger partial charge in [-0.15, -0.1) is 0 Å². The largest absolute Gasteiger partial charge is 0.378 e. The number of ether oxygens (including phenoxy) is 1. The minimum absolute atomic E-state index is 0.0354. The van der Waals surface area contributed by atoms with Crippen molar-refractivity contribution >= 4 is 11.6 Å². The molecule has 116 valence electrons. The predicted molar refractivity (Wildman–Crippen MR) is 85.4 cm³/mol. The van der Waals surface area contributed by atoms with Crippen molar-refractivity contribution in [1.29, 1.82) is 0 Å². The van der Waals surface area contributed by atoms with Crippen LogP contribution in [0.25, 0.3) is 0 Å². The summed E-state index contributed by atoms with van der Waals surface area (Å²) in [6.07, 6.45) is 3.72. The third kappa shape index (κ3) is 5.14. The van der Waals surface area contributed by atoms with Crippen LogP contribution in [0.3, 0.4) is 0 Å². The Hall–Kier alpha value is -1.39. The Labute approximate surface area is 127 Å². The third-order valence-corrected chi connectivity index (χ3v) is 3.81. The van der Waals surface area contributed by atoms with Gasteiger partial charge in [0.25, 0.3) is 0 Å². The van der Waals surface area contributed by atoms with Crippen LogP contribution in [0.5, 0.6) is 0 Å². The van der Waals surface area contributed by atoms with Gasteiger partial charge in [-0.05, 0) is 50.4 Å². The van der Waals surface area contributed by atoms with Crippen molar-refractivity contribution in [3.63, 3.8) is 0 Å². The summed E-state index contributed by atoms with van der Waals surface area (Å²) in [5, 5.41) is 6.43. The van der Waals surface area contributed by atoms with Gasteiger partial charge in [-0.25, -0.2) is 0 Å². The Morgan fingerprint density at radius 2 is 2.33 bits per heavy atom. The van der Waals surface area contributed by atoms with E-state index in [0.717, 1.165) is 38.1 Å². The van der Waals surface area contributed by atoms with Crippen molar-refractivity contribution in [2.24, 2.45) is 0 Å². The first-order valence-corrected chi connectivity index (χ1v) is 7.94. The smallest absolute Gasteiger partial charge is 0.226 e. The molecule has 0 saturated carbocycles. The Bertz CT molecular complexity index is 456. The Morgan fingerprint density at radius 3 is 3.05 bits per heavy atom. The lowest BCUT2D eigenvalue weighted by Gasteiger charge is -2.15. The summed E-state index contributed by atoms with van der Waals surface area (Å²) in [6.45, 7) is 6.08. The van der Waals surface area contributed by atoms with Crippen molar-refractivity contribution < 1.29 is 9.53 Å². The van der Waals surface area contributed by atoms with E-state index in [-0.39, 0.29) is 12.0 Å². The molecule has 1 heterocycles. The lowest BCUT2D eigenvalue weighted by Crippen LogP contribution is -2.21. The summed E-state index contributed by atoms with van der Waals surface area (Å²) in [5.74, 6) is 0.0354. The Morgan fingerprint density at radius 1 is 1.48 bits per heavy atom. The number of benzene rings is 1. The number of carbonyl (C=O) groups is 1. The molecule has 1 aromatic rings. The van der Waals surface area contributed by atoms with Crippen molar-refractivity contribution in [3.8, 4) is 0 Å². The van der Waals surface area contributed by atoms with E-state index >= 15 is 0 Å². The summed E-state index contributed by atoms with van der Waals surface area (Å²) in [5.41, 5.74) is 2.05.